The third-order valence-electron chi connectivity index (χ3n) is 6.86. The number of carbonyl (C=O) groups is 1. The summed E-state index contributed by atoms with van der Waals surface area (Å²) in [6, 6.07) is 14.3. The summed E-state index contributed by atoms with van der Waals surface area (Å²) in [6.45, 7) is 4.05. The highest BCUT2D eigenvalue weighted by Crippen LogP contribution is 2.31. The van der Waals surface area contributed by atoms with Crippen LogP contribution in [0.1, 0.15) is 34.5 Å². The normalized spacial score (nSPS) is 16.3. The first-order valence-corrected chi connectivity index (χ1v) is 11.9. The van der Waals surface area contributed by atoms with Crippen LogP contribution >= 0.6 is 0 Å². The largest absolute Gasteiger partial charge is 0.337 e. The summed E-state index contributed by atoms with van der Waals surface area (Å²) in [7, 11) is 0. The number of piperidine rings is 1. The number of nitrogens with zero attached hydrogens (tertiary/aromatic N) is 6. The molecule has 8 heteroatoms. The lowest BCUT2D eigenvalue weighted by atomic mass is 10.1. The van der Waals surface area contributed by atoms with Crippen LogP contribution in [0.3, 0.4) is 0 Å². The summed E-state index contributed by atoms with van der Waals surface area (Å²) >= 11 is 0. The van der Waals surface area contributed by atoms with E-state index in [0.29, 0.717) is 18.7 Å². The quantitative estimate of drug-likeness (QED) is 0.437. The second-order valence-corrected chi connectivity index (χ2v) is 9.26. The Kier molecular flexibility index (Phi) is 5.30. The molecule has 35 heavy (non-hydrogen) atoms. The van der Waals surface area contributed by atoms with E-state index >= 15 is 0 Å². The maximum absolute atomic E-state index is 13.1. The molecule has 0 saturated carbocycles. The maximum Gasteiger partial charge on any atom is 0.254 e. The molecule has 4 aromatic heterocycles. The van der Waals surface area contributed by atoms with Crippen molar-refractivity contribution < 1.29 is 4.79 Å². The minimum absolute atomic E-state index is 0.0167. The summed E-state index contributed by atoms with van der Waals surface area (Å²) in [5, 5.41) is 1.15. The molecule has 1 aliphatic rings. The zero-order chi connectivity index (χ0) is 23.9. The fourth-order valence-electron chi connectivity index (χ4n) is 5.09. The molecule has 0 bridgehead atoms. The van der Waals surface area contributed by atoms with E-state index in [2.05, 4.69) is 39.7 Å². The summed E-state index contributed by atoms with van der Waals surface area (Å²) in [4.78, 5) is 28.4. The van der Waals surface area contributed by atoms with Crippen LogP contribution in [0.4, 0.5) is 0 Å². The number of amides is 1. The van der Waals surface area contributed by atoms with Gasteiger partial charge in [0.05, 0.1) is 12.2 Å². The van der Waals surface area contributed by atoms with Gasteiger partial charge in [-0.15, -0.1) is 0 Å². The Morgan fingerprint density at radius 1 is 1.14 bits per heavy atom. The highest BCUT2D eigenvalue weighted by atomic mass is 16.2. The van der Waals surface area contributed by atoms with Crippen LogP contribution in [0.5, 0.6) is 0 Å². The molecule has 1 atom stereocenters. The lowest BCUT2D eigenvalue weighted by Gasteiger charge is -2.30. The molecular formula is C27H27N7O. The van der Waals surface area contributed by atoms with Crippen molar-refractivity contribution >= 4 is 22.5 Å². The SMILES string of the molecule is Cc1c(-c2cc3ccccc3n2Cc2cncnc2)nc2cc(C(=O)N3CCCC(N)C3)ccn12. The first-order chi connectivity index (χ1) is 17.1. The fraction of sp³-hybridized carbons (Fsp3) is 0.259. The molecule has 1 aromatic carbocycles. The van der Waals surface area contributed by atoms with Crippen LogP contribution in [0.25, 0.3) is 27.9 Å². The van der Waals surface area contributed by atoms with Gasteiger partial charge >= 0.3 is 0 Å². The molecule has 1 unspecified atom stereocenters. The molecule has 1 aliphatic heterocycles. The van der Waals surface area contributed by atoms with E-state index in [0.717, 1.165) is 58.6 Å². The van der Waals surface area contributed by atoms with Crippen molar-refractivity contribution in [3.63, 3.8) is 0 Å². The van der Waals surface area contributed by atoms with Gasteiger partial charge in [0.1, 0.15) is 17.7 Å². The number of aromatic nitrogens is 5. The molecule has 5 aromatic rings. The first kappa shape index (κ1) is 21.5. The van der Waals surface area contributed by atoms with Crippen molar-refractivity contribution in [2.24, 2.45) is 5.73 Å². The van der Waals surface area contributed by atoms with Gasteiger partial charge in [0.25, 0.3) is 5.91 Å². The van der Waals surface area contributed by atoms with Gasteiger partial charge in [-0.1, -0.05) is 18.2 Å². The van der Waals surface area contributed by atoms with Gasteiger partial charge in [-0.3, -0.25) is 4.79 Å². The van der Waals surface area contributed by atoms with E-state index < -0.39 is 0 Å². The second-order valence-electron chi connectivity index (χ2n) is 9.26. The molecular weight excluding hydrogens is 438 g/mol. The van der Waals surface area contributed by atoms with Gasteiger partial charge in [-0.25, -0.2) is 15.0 Å². The predicted octanol–water partition coefficient (Wildman–Crippen LogP) is 3.67. The van der Waals surface area contributed by atoms with E-state index in [-0.39, 0.29) is 11.9 Å². The molecule has 176 valence electrons. The number of imidazole rings is 1. The molecule has 0 aliphatic carbocycles. The van der Waals surface area contributed by atoms with Crippen molar-refractivity contribution in [1.82, 2.24) is 28.8 Å². The molecule has 6 rings (SSSR count). The summed E-state index contributed by atoms with van der Waals surface area (Å²) in [5.74, 6) is 0.0167. The number of hydrogen-bond acceptors (Lipinski definition) is 5. The van der Waals surface area contributed by atoms with E-state index in [9.17, 15) is 4.79 Å². The van der Waals surface area contributed by atoms with Crippen molar-refractivity contribution in [2.45, 2.75) is 32.4 Å². The Labute approximate surface area is 203 Å². The fourth-order valence-corrected chi connectivity index (χ4v) is 5.09. The number of aryl methyl sites for hydroxylation is 1. The van der Waals surface area contributed by atoms with Crippen LogP contribution in [-0.2, 0) is 6.54 Å². The van der Waals surface area contributed by atoms with Gasteiger partial charge in [-0.2, -0.15) is 0 Å². The summed E-state index contributed by atoms with van der Waals surface area (Å²) in [5.41, 5.74) is 12.6. The number of nitrogens with two attached hydrogens (primary N) is 1. The number of para-hydroxylation sites is 1. The summed E-state index contributed by atoms with van der Waals surface area (Å²) in [6.07, 6.45) is 9.07. The van der Waals surface area contributed by atoms with Crippen LogP contribution < -0.4 is 5.73 Å². The molecule has 0 radical (unpaired) electrons. The molecule has 1 saturated heterocycles. The Bertz CT molecular complexity index is 1540. The number of benzene rings is 1. The third-order valence-corrected chi connectivity index (χ3v) is 6.86. The molecule has 5 heterocycles. The van der Waals surface area contributed by atoms with Crippen molar-refractivity contribution in [1.29, 1.82) is 0 Å². The number of hydrogen-bond donors (Lipinski definition) is 1. The highest BCUT2D eigenvalue weighted by Gasteiger charge is 2.23. The molecule has 1 fully saturated rings. The second kappa shape index (κ2) is 8.63. The van der Waals surface area contributed by atoms with Crippen LogP contribution in [0.15, 0.2) is 67.4 Å². The first-order valence-electron chi connectivity index (χ1n) is 11.9. The average Bonchev–Trinajstić information content (AvgIpc) is 3.41. The smallest absolute Gasteiger partial charge is 0.254 e. The predicted molar refractivity (Wildman–Crippen MR) is 135 cm³/mol. The van der Waals surface area contributed by atoms with E-state index in [1.807, 2.05) is 52.2 Å². The number of rotatable bonds is 4. The van der Waals surface area contributed by atoms with Crippen LogP contribution in [0, 0.1) is 6.92 Å². The monoisotopic (exact) mass is 465 g/mol. The van der Waals surface area contributed by atoms with E-state index in [1.165, 1.54) is 0 Å². The Hall–Kier alpha value is -4.04. The minimum Gasteiger partial charge on any atom is -0.337 e. The molecule has 1 amide bonds. The Morgan fingerprint density at radius 3 is 2.80 bits per heavy atom. The van der Waals surface area contributed by atoms with Gasteiger partial charge in [-0.05, 0) is 44.0 Å². The van der Waals surface area contributed by atoms with E-state index in [1.54, 1.807) is 6.33 Å². The maximum atomic E-state index is 13.1. The van der Waals surface area contributed by atoms with Crippen LogP contribution in [0.2, 0.25) is 0 Å². The third kappa shape index (κ3) is 3.85. The van der Waals surface area contributed by atoms with E-state index in [4.69, 9.17) is 10.7 Å². The summed E-state index contributed by atoms with van der Waals surface area (Å²) < 4.78 is 4.30. The van der Waals surface area contributed by atoms with Crippen molar-refractivity contribution in [2.75, 3.05) is 13.1 Å². The number of fused-ring (bicyclic) bond motifs is 2. The topological polar surface area (TPSA) is 94.3 Å². The van der Waals surface area contributed by atoms with Crippen molar-refractivity contribution in [3.8, 4) is 11.4 Å². The Balaban J connectivity index is 1.43. The standard InChI is InChI=1S/C27H27N7O/c1-18-26(24-11-20-5-2-3-7-23(20)34(24)15-19-13-29-17-30-14-19)31-25-12-21(8-10-33(18)25)27(35)32-9-4-6-22(28)16-32/h2-3,5,7-8,10-14,17,22H,4,6,9,15-16,28H2,1H3. The number of likely N-dealkylation sites (tertiary alicyclic amines) is 1. The van der Waals surface area contributed by atoms with Crippen molar-refractivity contribution in [3.05, 3.63) is 84.2 Å². The van der Waals surface area contributed by atoms with Gasteiger partial charge < -0.3 is 19.6 Å². The van der Waals surface area contributed by atoms with Gasteiger partial charge in [0.2, 0.25) is 0 Å². The zero-order valence-electron chi connectivity index (χ0n) is 19.6. The number of pyridine rings is 1. The van der Waals surface area contributed by atoms with Gasteiger partial charge in [0.15, 0.2) is 0 Å². The Morgan fingerprint density at radius 2 is 1.97 bits per heavy atom. The van der Waals surface area contributed by atoms with Gasteiger partial charge in [0, 0.05) is 65.4 Å². The highest BCUT2D eigenvalue weighted by molar-refractivity contribution is 5.95. The van der Waals surface area contributed by atoms with Crippen LogP contribution in [-0.4, -0.2) is 53.9 Å². The lowest BCUT2D eigenvalue weighted by Crippen LogP contribution is -2.45. The zero-order valence-corrected chi connectivity index (χ0v) is 19.6. The average molecular weight is 466 g/mol. The lowest BCUT2D eigenvalue weighted by molar-refractivity contribution is 0.0709. The molecule has 8 nitrogen and oxygen atoms in total. The number of carbonyl (C=O) groups excluding carboxylic acids is 1. The molecule has 2 N–H and O–H groups in total. The molecule has 0 spiro atoms. The minimum atomic E-state index is 0.0167.